The maximum atomic E-state index is 10.7. The summed E-state index contributed by atoms with van der Waals surface area (Å²) < 4.78 is 2.00. The maximum Gasteiger partial charge on any atom is 0.121 e. The predicted molar refractivity (Wildman–Crippen MR) is 75.0 cm³/mol. The summed E-state index contributed by atoms with van der Waals surface area (Å²) in [6.07, 6.45) is 4.72. The third-order valence-electron chi connectivity index (χ3n) is 3.46. The molecule has 0 bridgehead atoms. The summed E-state index contributed by atoms with van der Waals surface area (Å²) in [4.78, 5) is 7.32. The molecule has 19 heavy (non-hydrogen) atoms. The first-order valence-corrected chi connectivity index (χ1v) is 6.44. The van der Waals surface area contributed by atoms with Gasteiger partial charge in [0.05, 0.1) is 18.2 Å². The zero-order valence-electron chi connectivity index (χ0n) is 11.0. The van der Waals surface area contributed by atoms with E-state index in [0.717, 1.165) is 22.2 Å². The minimum Gasteiger partial charge on any atom is -0.382 e. The van der Waals surface area contributed by atoms with Gasteiger partial charge in [0.1, 0.15) is 6.10 Å². The van der Waals surface area contributed by atoms with Crippen molar-refractivity contribution in [2.75, 3.05) is 0 Å². The normalized spacial score (nSPS) is 13.3. The van der Waals surface area contributed by atoms with Gasteiger partial charge in [-0.3, -0.25) is 0 Å². The van der Waals surface area contributed by atoms with Gasteiger partial charge >= 0.3 is 0 Å². The van der Waals surface area contributed by atoms with Crippen LogP contribution in [0.15, 0.2) is 43.0 Å². The molecule has 2 N–H and O–H groups in total. The van der Waals surface area contributed by atoms with E-state index in [2.05, 4.69) is 23.8 Å². The minimum absolute atomic E-state index is 0.276. The largest absolute Gasteiger partial charge is 0.382 e. The Hall–Kier alpha value is -2.07. The fourth-order valence-electron chi connectivity index (χ4n) is 2.47. The molecule has 0 fully saturated rings. The van der Waals surface area contributed by atoms with Crippen molar-refractivity contribution in [2.45, 2.75) is 26.0 Å². The van der Waals surface area contributed by atoms with Gasteiger partial charge in [-0.1, -0.05) is 12.1 Å². The number of hydrogen-bond acceptors (Lipinski definition) is 2. The van der Waals surface area contributed by atoms with E-state index in [1.165, 1.54) is 0 Å². The molecule has 0 aliphatic carbocycles. The van der Waals surface area contributed by atoms with Crippen molar-refractivity contribution in [1.82, 2.24) is 14.5 Å². The lowest BCUT2D eigenvalue weighted by Crippen LogP contribution is -2.10. The number of imidazole rings is 1. The van der Waals surface area contributed by atoms with E-state index in [-0.39, 0.29) is 6.04 Å². The molecular formula is C15H17N3O. The van der Waals surface area contributed by atoms with Crippen LogP contribution in [0.25, 0.3) is 10.9 Å². The van der Waals surface area contributed by atoms with Crippen molar-refractivity contribution in [3.8, 4) is 0 Å². The molecule has 0 spiro atoms. The van der Waals surface area contributed by atoms with Crippen molar-refractivity contribution in [3.63, 3.8) is 0 Å². The fourth-order valence-corrected chi connectivity index (χ4v) is 2.47. The monoisotopic (exact) mass is 255 g/mol. The first kappa shape index (κ1) is 12.0. The minimum atomic E-state index is -0.663. The lowest BCUT2D eigenvalue weighted by Gasteiger charge is -2.17. The summed E-state index contributed by atoms with van der Waals surface area (Å²) >= 11 is 0. The predicted octanol–water partition coefficient (Wildman–Crippen LogP) is 3.03. The highest BCUT2D eigenvalue weighted by atomic mass is 16.3. The van der Waals surface area contributed by atoms with Crippen molar-refractivity contribution < 1.29 is 5.11 Å². The van der Waals surface area contributed by atoms with Crippen LogP contribution in [0.4, 0.5) is 0 Å². The number of aromatic amines is 1. The molecule has 3 rings (SSSR count). The Balaban J connectivity index is 2.11. The lowest BCUT2D eigenvalue weighted by molar-refractivity contribution is 0.209. The topological polar surface area (TPSA) is 53.8 Å². The lowest BCUT2D eigenvalue weighted by atomic mass is 10.0. The van der Waals surface area contributed by atoms with E-state index in [0.29, 0.717) is 0 Å². The third kappa shape index (κ3) is 1.94. The van der Waals surface area contributed by atoms with Gasteiger partial charge in [0.15, 0.2) is 0 Å². The molecule has 3 aromatic rings. The van der Waals surface area contributed by atoms with Crippen LogP contribution in [0.3, 0.4) is 0 Å². The van der Waals surface area contributed by atoms with Gasteiger partial charge in [0, 0.05) is 23.1 Å². The summed E-state index contributed by atoms with van der Waals surface area (Å²) in [5.41, 5.74) is 2.76. The summed E-state index contributed by atoms with van der Waals surface area (Å²) in [6, 6.07) is 8.18. The van der Waals surface area contributed by atoms with Gasteiger partial charge in [-0.25, -0.2) is 4.98 Å². The molecule has 0 aliphatic rings. The smallest absolute Gasteiger partial charge is 0.121 e. The van der Waals surface area contributed by atoms with Crippen molar-refractivity contribution in [1.29, 1.82) is 0 Å². The standard InChI is InChI=1S/C15H17N3O/c1-10(2)18-9-16-8-14(18)15(19)12-4-3-5-13-11(12)6-7-17-13/h3-10,15,17,19H,1-2H3. The number of fused-ring (bicyclic) bond motifs is 1. The molecule has 98 valence electrons. The molecule has 1 aromatic carbocycles. The van der Waals surface area contributed by atoms with E-state index in [9.17, 15) is 5.11 Å². The number of aliphatic hydroxyl groups is 1. The molecule has 2 heterocycles. The quantitative estimate of drug-likeness (QED) is 0.755. The van der Waals surface area contributed by atoms with Crippen LogP contribution >= 0.6 is 0 Å². The molecule has 2 aromatic heterocycles. The number of rotatable bonds is 3. The van der Waals surface area contributed by atoms with E-state index in [1.54, 1.807) is 12.5 Å². The maximum absolute atomic E-state index is 10.7. The number of nitrogens with one attached hydrogen (secondary N) is 1. The average Bonchev–Trinajstić information content (AvgIpc) is 3.05. The van der Waals surface area contributed by atoms with Crippen LogP contribution in [0, 0.1) is 0 Å². The number of aliphatic hydroxyl groups excluding tert-OH is 1. The molecule has 0 saturated heterocycles. The molecule has 4 nitrogen and oxygen atoms in total. The Labute approximate surface area is 111 Å². The van der Waals surface area contributed by atoms with Crippen LogP contribution in [0.1, 0.15) is 37.3 Å². The van der Waals surface area contributed by atoms with Gasteiger partial charge in [0.25, 0.3) is 0 Å². The summed E-state index contributed by atoms with van der Waals surface area (Å²) in [7, 11) is 0. The first-order valence-electron chi connectivity index (χ1n) is 6.44. The molecule has 1 unspecified atom stereocenters. The number of hydrogen-bond donors (Lipinski definition) is 2. The van der Waals surface area contributed by atoms with Crippen LogP contribution in [0.5, 0.6) is 0 Å². The Bertz CT molecular complexity index is 696. The fraction of sp³-hybridized carbons (Fsp3) is 0.267. The molecule has 4 heteroatoms. The molecule has 1 atom stereocenters. The zero-order valence-corrected chi connectivity index (χ0v) is 11.0. The van der Waals surface area contributed by atoms with E-state index in [1.807, 2.05) is 35.0 Å². The zero-order chi connectivity index (χ0) is 13.4. The second kappa shape index (κ2) is 4.55. The summed E-state index contributed by atoms with van der Waals surface area (Å²) in [6.45, 7) is 4.16. The Morgan fingerprint density at radius 1 is 1.26 bits per heavy atom. The van der Waals surface area contributed by atoms with E-state index >= 15 is 0 Å². The van der Waals surface area contributed by atoms with Crippen LogP contribution in [-0.4, -0.2) is 19.6 Å². The van der Waals surface area contributed by atoms with Gasteiger partial charge < -0.3 is 14.7 Å². The number of H-pyrrole nitrogens is 1. The highest BCUT2D eigenvalue weighted by Crippen LogP contribution is 2.29. The third-order valence-corrected chi connectivity index (χ3v) is 3.46. The van der Waals surface area contributed by atoms with Gasteiger partial charge in [-0.05, 0) is 31.5 Å². The molecule has 0 aliphatic heterocycles. The van der Waals surface area contributed by atoms with Gasteiger partial charge in [0.2, 0.25) is 0 Å². The van der Waals surface area contributed by atoms with Crippen LogP contribution in [0.2, 0.25) is 0 Å². The van der Waals surface area contributed by atoms with Crippen LogP contribution in [-0.2, 0) is 0 Å². The molecule has 0 amide bonds. The average molecular weight is 255 g/mol. The molecule has 0 saturated carbocycles. The second-order valence-corrected chi connectivity index (χ2v) is 5.01. The summed E-state index contributed by atoms with van der Waals surface area (Å²) in [5.74, 6) is 0. The van der Waals surface area contributed by atoms with E-state index < -0.39 is 6.10 Å². The first-order chi connectivity index (χ1) is 9.18. The second-order valence-electron chi connectivity index (χ2n) is 5.01. The molecule has 0 radical (unpaired) electrons. The van der Waals surface area contributed by atoms with Gasteiger partial charge in [-0.2, -0.15) is 0 Å². The Kier molecular flexibility index (Phi) is 2.87. The Morgan fingerprint density at radius 3 is 2.89 bits per heavy atom. The number of benzene rings is 1. The molecular weight excluding hydrogens is 238 g/mol. The summed E-state index contributed by atoms with van der Waals surface area (Å²) in [5, 5.41) is 11.7. The van der Waals surface area contributed by atoms with Crippen LogP contribution < -0.4 is 0 Å². The SMILES string of the molecule is CC(C)n1cncc1C(O)c1cccc2[nH]ccc12. The highest BCUT2D eigenvalue weighted by molar-refractivity contribution is 5.83. The number of nitrogens with zero attached hydrogens (tertiary/aromatic N) is 2. The van der Waals surface area contributed by atoms with Crippen molar-refractivity contribution >= 4 is 10.9 Å². The van der Waals surface area contributed by atoms with Gasteiger partial charge in [-0.15, -0.1) is 0 Å². The highest BCUT2D eigenvalue weighted by Gasteiger charge is 2.18. The number of aromatic nitrogens is 3. The van der Waals surface area contributed by atoms with Crippen molar-refractivity contribution in [3.05, 3.63) is 54.2 Å². The van der Waals surface area contributed by atoms with E-state index in [4.69, 9.17) is 0 Å². The van der Waals surface area contributed by atoms with Crippen molar-refractivity contribution in [2.24, 2.45) is 0 Å². The Morgan fingerprint density at radius 2 is 2.11 bits per heavy atom.